The average molecular weight is 209 g/mol. The van der Waals surface area contributed by atoms with E-state index in [0.717, 1.165) is 12.0 Å². The fourth-order valence-corrected chi connectivity index (χ4v) is 2.20. The van der Waals surface area contributed by atoms with Gasteiger partial charge in [0.15, 0.2) is 0 Å². The third-order valence-corrected chi connectivity index (χ3v) is 2.83. The molecule has 1 aliphatic heterocycles. The molecule has 82 valence electrons. The van der Waals surface area contributed by atoms with Crippen molar-refractivity contribution in [2.75, 3.05) is 13.7 Å². The molecule has 1 aromatic rings. The number of hydrogen-bond acceptors (Lipinski definition) is 2. The van der Waals surface area contributed by atoms with Crippen LogP contribution in [0.4, 0.5) is 4.39 Å². The van der Waals surface area contributed by atoms with Crippen LogP contribution in [0, 0.1) is 5.82 Å². The van der Waals surface area contributed by atoms with Gasteiger partial charge in [-0.05, 0) is 36.6 Å². The first-order valence-corrected chi connectivity index (χ1v) is 5.24. The Bertz CT molecular complexity index is 353. The standard InChI is InChI=1S/C12H16FNO/c1-8-5-9-3-4-10(13)6-11(9)12(14-8)7-15-2/h3-4,6,8,12,14H,5,7H2,1-2H3. The van der Waals surface area contributed by atoms with Gasteiger partial charge < -0.3 is 10.1 Å². The largest absolute Gasteiger partial charge is 0.383 e. The zero-order valence-electron chi connectivity index (χ0n) is 9.09. The van der Waals surface area contributed by atoms with Crippen LogP contribution in [0.15, 0.2) is 18.2 Å². The molecule has 1 heterocycles. The van der Waals surface area contributed by atoms with E-state index in [2.05, 4.69) is 12.2 Å². The van der Waals surface area contributed by atoms with E-state index in [9.17, 15) is 4.39 Å². The highest BCUT2D eigenvalue weighted by atomic mass is 19.1. The lowest BCUT2D eigenvalue weighted by molar-refractivity contribution is 0.157. The van der Waals surface area contributed by atoms with Crippen LogP contribution in [0.5, 0.6) is 0 Å². The molecule has 2 unspecified atom stereocenters. The van der Waals surface area contributed by atoms with E-state index in [4.69, 9.17) is 4.74 Å². The first-order valence-electron chi connectivity index (χ1n) is 5.24. The normalized spacial score (nSPS) is 25.0. The van der Waals surface area contributed by atoms with Crippen LogP contribution in [0.25, 0.3) is 0 Å². The van der Waals surface area contributed by atoms with Gasteiger partial charge in [-0.2, -0.15) is 0 Å². The number of fused-ring (bicyclic) bond motifs is 1. The van der Waals surface area contributed by atoms with Crippen molar-refractivity contribution in [3.63, 3.8) is 0 Å². The summed E-state index contributed by atoms with van der Waals surface area (Å²) in [5.74, 6) is -0.175. The topological polar surface area (TPSA) is 21.3 Å². The number of nitrogens with one attached hydrogen (secondary N) is 1. The van der Waals surface area contributed by atoms with Crippen molar-refractivity contribution in [2.24, 2.45) is 0 Å². The smallest absolute Gasteiger partial charge is 0.123 e. The number of rotatable bonds is 2. The Morgan fingerprint density at radius 3 is 3.07 bits per heavy atom. The maximum Gasteiger partial charge on any atom is 0.123 e. The first kappa shape index (κ1) is 10.6. The number of benzene rings is 1. The molecule has 15 heavy (non-hydrogen) atoms. The van der Waals surface area contributed by atoms with Crippen LogP contribution in [0.2, 0.25) is 0 Å². The molecule has 0 aliphatic carbocycles. The molecule has 0 saturated heterocycles. The summed E-state index contributed by atoms with van der Waals surface area (Å²) < 4.78 is 18.3. The van der Waals surface area contributed by atoms with Gasteiger partial charge in [0, 0.05) is 13.2 Å². The Kier molecular flexibility index (Phi) is 3.03. The summed E-state index contributed by atoms with van der Waals surface area (Å²) in [6.07, 6.45) is 0.954. The number of methoxy groups -OCH3 is 1. The molecule has 2 rings (SSSR count). The Morgan fingerprint density at radius 1 is 1.53 bits per heavy atom. The summed E-state index contributed by atoms with van der Waals surface area (Å²) in [7, 11) is 1.67. The molecule has 0 amide bonds. The fraction of sp³-hybridized carbons (Fsp3) is 0.500. The lowest BCUT2D eigenvalue weighted by Gasteiger charge is -2.31. The number of ether oxygens (including phenoxy) is 1. The predicted molar refractivity (Wildman–Crippen MR) is 57.3 cm³/mol. The van der Waals surface area contributed by atoms with Crippen molar-refractivity contribution in [3.8, 4) is 0 Å². The summed E-state index contributed by atoms with van der Waals surface area (Å²) in [5, 5.41) is 3.41. The number of halogens is 1. The van der Waals surface area contributed by atoms with E-state index in [1.54, 1.807) is 13.2 Å². The Balaban J connectivity index is 2.34. The second-order valence-corrected chi connectivity index (χ2v) is 4.12. The number of hydrogen-bond donors (Lipinski definition) is 1. The summed E-state index contributed by atoms with van der Waals surface area (Å²) in [5.41, 5.74) is 2.26. The minimum Gasteiger partial charge on any atom is -0.383 e. The first-order chi connectivity index (χ1) is 7.20. The third-order valence-electron chi connectivity index (χ3n) is 2.83. The SMILES string of the molecule is COCC1NC(C)Cc2ccc(F)cc21. The van der Waals surface area contributed by atoms with Gasteiger partial charge in [0.25, 0.3) is 0 Å². The molecule has 1 N–H and O–H groups in total. The van der Waals surface area contributed by atoms with Crippen LogP contribution in [0.1, 0.15) is 24.1 Å². The van der Waals surface area contributed by atoms with Gasteiger partial charge in [0.2, 0.25) is 0 Å². The van der Waals surface area contributed by atoms with Gasteiger partial charge >= 0.3 is 0 Å². The molecule has 0 spiro atoms. The quantitative estimate of drug-likeness (QED) is 0.805. The summed E-state index contributed by atoms with van der Waals surface area (Å²) in [4.78, 5) is 0. The zero-order chi connectivity index (χ0) is 10.8. The van der Waals surface area contributed by atoms with E-state index in [-0.39, 0.29) is 11.9 Å². The van der Waals surface area contributed by atoms with Gasteiger partial charge in [0.05, 0.1) is 12.6 Å². The Hall–Kier alpha value is -0.930. The van der Waals surface area contributed by atoms with Gasteiger partial charge in [-0.1, -0.05) is 6.07 Å². The van der Waals surface area contributed by atoms with E-state index < -0.39 is 0 Å². The van der Waals surface area contributed by atoms with Crippen molar-refractivity contribution in [1.29, 1.82) is 0 Å². The molecule has 2 nitrogen and oxygen atoms in total. The zero-order valence-corrected chi connectivity index (χ0v) is 9.09. The highest BCUT2D eigenvalue weighted by Gasteiger charge is 2.23. The fourth-order valence-electron chi connectivity index (χ4n) is 2.20. The van der Waals surface area contributed by atoms with Crippen LogP contribution in [0.3, 0.4) is 0 Å². The average Bonchev–Trinajstić information content (AvgIpc) is 2.19. The highest BCUT2D eigenvalue weighted by molar-refractivity contribution is 5.33. The molecular formula is C12H16FNO. The molecule has 1 aromatic carbocycles. The van der Waals surface area contributed by atoms with E-state index in [1.165, 1.54) is 11.6 Å². The van der Waals surface area contributed by atoms with Gasteiger partial charge in [-0.25, -0.2) is 4.39 Å². The lowest BCUT2D eigenvalue weighted by Crippen LogP contribution is -2.39. The van der Waals surface area contributed by atoms with E-state index >= 15 is 0 Å². The van der Waals surface area contributed by atoms with Crippen molar-refractivity contribution >= 4 is 0 Å². The maximum absolute atomic E-state index is 13.1. The molecule has 2 atom stereocenters. The molecular weight excluding hydrogens is 193 g/mol. The Labute approximate surface area is 89.4 Å². The maximum atomic E-state index is 13.1. The molecule has 3 heteroatoms. The summed E-state index contributed by atoms with van der Waals surface area (Å²) in [6.45, 7) is 2.72. The molecule has 1 aliphatic rings. The monoisotopic (exact) mass is 209 g/mol. The van der Waals surface area contributed by atoms with Crippen molar-refractivity contribution in [2.45, 2.75) is 25.4 Å². The van der Waals surface area contributed by atoms with Gasteiger partial charge in [-0.15, -0.1) is 0 Å². The summed E-state index contributed by atoms with van der Waals surface area (Å²) in [6, 6.07) is 5.55. The molecule has 0 bridgehead atoms. The minimum absolute atomic E-state index is 0.115. The lowest BCUT2D eigenvalue weighted by atomic mass is 9.91. The van der Waals surface area contributed by atoms with Gasteiger partial charge in [0.1, 0.15) is 5.82 Å². The second kappa shape index (κ2) is 4.29. The van der Waals surface area contributed by atoms with Crippen molar-refractivity contribution in [1.82, 2.24) is 5.32 Å². The second-order valence-electron chi connectivity index (χ2n) is 4.12. The third kappa shape index (κ3) is 2.19. The molecule has 0 fully saturated rings. The van der Waals surface area contributed by atoms with Crippen LogP contribution in [-0.2, 0) is 11.2 Å². The van der Waals surface area contributed by atoms with Crippen molar-refractivity contribution < 1.29 is 9.13 Å². The van der Waals surface area contributed by atoms with Crippen LogP contribution >= 0.6 is 0 Å². The highest BCUT2D eigenvalue weighted by Crippen LogP contribution is 2.26. The molecule has 0 radical (unpaired) electrons. The van der Waals surface area contributed by atoms with E-state index in [0.29, 0.717) is 12.6 Å². The minimum atomic E-state index is -0.175. The van der Waals surface area contributed by atoms with Crippen LogP contribution < -0.4 is 5.32 Å². The van der Waals surface area contributed by atoms with Crippen LogP contribution in [-0.4, -0.2) is 19.8 Å². The molecule has 0 aromatic heterocycles. The molecule has 0 saturated carbocycles. The predicted octanol–water partition coefficient (Wildman–Crippen LogP) is 2.05. The van der Waals surface area contributed by atoms with Gasteiger partial charge in [-0.3, -0.25) is 0 Å². The van der Waals surface area contributed by atoms with E-state index in [1.807, 2.05) is 6.07 Å². The van der Waals surface area contributed by atoms with Crippen molar-refractivity contribution in [3.05, 3.63) is 35.1 Å². The summed E-state index contributed by atoms with van der Waals surface area (Å²) >= 11 is 0. The Morgan fingerprint density at radius 2 is 2.33 bits per heavy atom.